The van der Waals surface area contributed by atoms with Crippen LogP contribution in [-0.4, -0.2) is 24.3 Å². The van der Waals surface area contributed by atoms with Crippen LogP contribution in [0.15, 0.2) is 18.2 Å². The first kappa shape index (κ1) is 12.2. The topological polar surface area (TPSA) is 32.3 Å². The summed E-state index contributed by atoms with van der Waals surface area (Å²) in [7, 11) is 1.86. The van der Waals surface area contributed by atoms with Gasteiger partial charge in [0.2, 0.25) is 0 Å². The summed E-state index contributed by atoms with van der Waals surface area (Å²) in [5.74, 6) is 0. The monoisotopic (exact) mass is 207 g/mol. The minimum Gasteiger partial charge on any atom is -0.389 e. The molecule has 84 valence electrons. The number of rotatable bonds is 4. The van der Waals surface area contributed by atoms with Crippen molar-refractivity contribution < 1.29 is 5.11 Å². The Morgan fingerprint density at radius 2 is 2.00 bits per heavy atom. The summed E-state index contributed by atoms with van der Waals surface area (Å²) in [6.07, 6.45) is 0.696. The van der Waals surface area contributed by atoms with Gasteiger partial charge in [-0.05, 0) is 38.9 Å². The molecular formula is C13H21NO. The molecule has 1 aromatic rings. The van der Waals surface area contributed by atoms with Gasteiger partial charge >= 0.3 is 0 Å². The Balaban J connectivity index is 2.83. The van der Waals surface area contributed by atoms with E-state index in [0.717, 1.165) is 0 Å². The van der Waals surface area contributed by atoms with E-state index in [1.807, 2.05) is 14.0 Å². The van der Waals surface area contributed by atoms with Gasteiger partial charge < -0.3 is 10.4 Å². The summed E-state index contributed by atoms with van der Waals surface area (Å²) in [4.78, 5) is 0. The Morgan fingerprint density at radius 1 is 1.33 bits per heavy atom. The minimum absolute atomic E-state index is 0.611. The summed E-state index contributed by atoms with van der Waals surface area (Å²) in [6, 6.07) is 6.37. The van der Waals surface area contributed by atoms with Crippen LogP contribution in [0.3, 0.4) is 0 Å². The molecule has 0 spiro atoms. The van der Waals surface area contributed by atoms with Crippen LogP contribution in [0.4, 0.5) is 0 Å². The Morgan fingerprint density at radius 3 is 2.60 bits per heavy atom. The molecule has 0 fully saturated rings. The number of aryl methyl sites for hydroxylation is 2. The molecule has 0 saturated carbocycles. The zero-order chi connectivity index (χ0) is 11.5. The van der Waals surface area contributed by atoms with Crippen molar-refractivity contribution in [2.24, 2.45) is 0 Å². The van der Waals surface area contributed by atoms with Crippen molar-refractivity contribution in [3.63, 3.8) is 0 Å². The summed E-state index contributed by atoms with van der Waals surface area (Å²) in [5, 5.41) is 13.1. The molecule has 0 heterocycles. The normalized spacial score (nSPS) is 15.0. The van der Waals surface area contributed by atoms with E-state index in [0.29, 0.717) is 13.0 Å². The van der Waals surface area contributed by atoms with Crippen LogP contribution >= 0.6 is 0 Å². The Labute approximate surface area is 92.3 Å². The molecule has 0 saturated heterocycles. The fourth-order valence-corrected chi connectivity index (χ4v) is 1.84. The van der Waals surface area contributed by atoms with Gasteiger partial charge in [0.1, 0.15) is 0 Å². The molecule has 0 bridgehead atoms. The Kier molecular flexibility index (Phi) is 3.89. The summed E-state index contributed by atoms with van der Waals surface area (Å²) < 4.78 is 0. The van der Waals surface area contributed by atoms with Gasteiger partial charge in [-0.1, -0.05) is 23.8 Å². The molecule has 0 amide bonds. The van der Waals surface area contributed by atoms with Gasteiger partial charge in [0.05, 0.1) is 5.60 Å². The molecule has 0 aliphatic carbocycles. The lowest BCUT2D eigenvalue weighted by Crippen LogP contribution is -2.38. The molecule has 15 heavy (non-hydrogen) atoms. The van der Waals surface area contributed by atoms with Crippen LogP contribution in [0.25, 0.3) is 0 Å². The first-order valence-electron chi connectivity index (χ1n) is 5.38. The summed E-state index contributed by atoms with van der Waals surface area (Å²) in [5.41, 5.74) is 3.05. The van der Waals surface area contributed by atoms with Crippen LogP contribution < -0.4 is 5.32 Å². The molecule has 0 aromatic heterocycles. The van der Waals surface area contributed by atoms with Crippen LogP contribution in [0.1, 0.15) is 23.6 Å². The lowest BCUT2D eigenvalue weighted by Gasteiger charge is -2.24. The van der Waals surface area contributed by atoms with Gasteiger partial charge in [0, 0.05) is 13.0 Å². The number of hydrogen-bond acceptors (Lipinski definition) is 2. The average Bonchev–Trinajstić information content (AvgIpc) is 2.10. The van der Waals surface area contributed by atoms with Crippen LogP contribution in [0.2, 0.25) is 0 Å². The molecule has 1 atom stereocenters. The van der Waals surface area contributed by atoms with E-state index in [2.05, 4.69) is 37.4 Å². The maximum Gasteiger partial charge on any atom is 0.0783 e. The Bertz CT molecular complexity index is 331. The molecule has 1 aromatic carbocycles. The molecular weight excluding hydrogens is 186 g/mol. The van der Waals surface area contributed by atoms with E-state index in [9.17, 15) is 5.11 Å². The maximum atomic E-state index is 10.1. The SMILES string of the molecule is CNCC(C)(O)Cc1cc(C)ccc1C. The second-order valence-corrected chi connectivity index (χ2v) is 4.63. The standard InChI is InChI=1S/C13H21NO/c1-10-5-6-11(2)12(7-10)8-13(3,15)9-14-4/h5-7,14-15H,8-9H2,1-4H3. The first-order chi connectivity index (χ1) is 6.94. The quantitative estimate of drug-likeness (QED) is 0.789. The average molecular weight is 207 g/mol. The maximum absolute atomic E-state index is 10.1. The summed E-state index contributed by atoms with van der Waals surface area (Å²) in [6.45, 7) is 6.64. The van der Waals surface area contributed by atoms with Crippen molar-refractivity contribution in [1.82, 2.24) is 5.32 Å². The predicted octanol–water partition coefficient (Wildman–Crippen LogP) is 1.82. The van der Waals surface area contributed by atoms with E-state index in [-0.39, 0.29) is 0 Å². The van der Waals surface area contributed by atoms with Crippen molar-refractivity contribution in [2.75, 3.05) is 13.6 Å². The van der Waals surface area contributed by atoms with Gasteiger partial charge in [0.25, 0.3) is 0 Å². The number of benzene rings is 1. The van der Waals surface area contributed by atoms with Crippen LogP contribution in [0, 0.1) is 13.8 Å². The number of hydrogen-bond donors (Lipinski definition) is 2. The molecule has 2 nitrogen and oxygen atoms in total. The second-order valence-electron chi connectivity index (χ2n) is 4.63. The zero-order valence-electron chi connectivity index (χ0n) is 10.1. The van der Waals surface area contributed by atoms with Crippen molar-refractivity contribution in [2.45, 2.75) is 32.8 Å². The molecule has 1 rings (SSSR count). The van der Waals surface area contributed by atoms with Crippen molar-refractivity contribution in [3.8, 4) is 0 Å². The Hall–Kier alpha value is -0.860. The lowest BCUT2D eigenvalue weighted by atomic mass is 9.92. The smallest absolute Gasteiger partial charge is 0.0783 e. The van der Waals surface area contributed by atoms with Gasteiger partial charge in [-0.3, -0.25) is 0 Å². The van der Waals surface area contributed by atoms with E-state index < -0.39 is 5.60 Å². The van der Waals surface area contributed by atoms with E-state index >= 15 is 0 Å². The van der Waals surface area contributed by atoms with Crippen LogP contribution in [0.5, 0.6) is 0 Å². The van der Waals surface area contributed by atoms with Crippen LogP contribution in [-0.2, 0) is 6.42 Å². The molecule has 1 unspecified atom stereocenters. The highest BCUT2D eigenvalue weighted by molar-refractivity contribution is 5.31. The van der Waals surface area contributed by atoms with Gasteiger partial charge in [0.15, 0.2) is 0 Å². The number of aliphatic hydroxyl groups is 1. The van der Waals surface area contributed by atoms with Crippen molar-refractivity contribution in [3.05, 3.63) is 34.9 Å². The molecule has 0 aliphatic heterocycles. The molecule has 0 radical (unpaired) electrons. The zero-order valence-corrected chi connectivity index (χ0v) is 10.1. The highest BCUT2D eigenvalue weighted by atomic mass is 16.3. The van der Waals surface area contributed by atoms with Gasteiger partial charge in [-0.25, -0.2) is 0 Å². The lowest BCUT2D eigenvalue weighted by molar-refractivity contribution is 0.0621. The van der Waals surface area contributed by atoms with E-state index in [4.69, 9.17) is 0 Å². The molecule has 2 N–H and O–H groups in total. The fourth-order valence-electron chi connectivity index (χ4n) is 1.84. The predicted molar refractivity (Wildman–Crippen MR) is 64.2 cm³/mol. The third-order valence-electron chi connectivity index (χ3n) is 2.63. The fraction of sp³-hybridized carbons (Fsp3) is 0.538. The van der Waals surface area contributed by atoms with Gasteiger partial charge in [-0.15, -0.1) is 0 Å². The molecule has 0 aliphatic rings. The second kappa shape index (κ2) is 4.77. The highest BCUT2D eigenvalue weighted by Gasteiger charge is 2.20. The van der Waals surface area contributed by atoms with Crippen molar-refractivity contribution in [1.29, 1.82) is 0 Å². The first-order valence-corrected chi connectivity index (χ1v) is 5.38. The largest absolute Gasteiger partial charge is 0.389 e. The van der Waals surface area contributed by atoms with E-state index in [1.165, 1.54) is 16.7 Å². The minimum atomic E-state index is -0.673. The van der Waals surface area contributed by atoms with Crippen molar-refractivity contribution >= 4 is 0 Å². The highest BCUT2D eigenvalue weighted by Crippen LogP contribution is 2.17. The van der Waals surface area contributed by atoms with Gasteiger partial charge in [-0.2, -0.15) is 0 Å². The van der Waals surface area contributed by atoms with E-state index in [1.54, 1.807) is 0 Å². The molecule has 2 heteroatoms. The third-order valence-corrected chi connectivity index (χ3v) is 2.63. The third kappa shape index (κ3) is 3.65. The number of nitrogens with one attached hydrogen (secondary N) is 1. The summed E-state index contributed by atoms with van der Waals surface area (Å²) >= 11 is 0. The number of likely N-dealkylation sites (N-methyl/N-ethyl adjacent to an activating group) is 1.